The van der Waals surface area contributed by atoms with Gasteiger partial charge in [0.15, 0.2) is 11.3 Å². The summed E-state index contributed by atoms with van der Waals surface area (Å²) in [5, 5.41) is 11.8. The summed E-state index contributed by atoms with van der Waals surface area (Å²) < 4.78 is 1.03. The molecule has 1 N–H and O–H groups in total. The molecule has 0 fully saturated rings. The first kappa shape index (κ1) is 18.7. The number of benzene rings is 1. The van der Waals surface area contributed by atoms with E-state index in [4.69, 9.17) is 10.1 Å². The van der Waals surface area contributed by atoms with Crippen molar-refractivity contribution in [3.63, 3.8) is 0 Å². The van der Waals surface area contributed by atoms with Crippen LogP contribution < -0.4 is 15.9 Å². The molecule has 2 aliphatic heterocycles. The molecule has 1 amide bonds. The van der Waals surface area contributed by atoms with E-state index in [0.29, 0.717) is 10.9 Å². The summed E-state index contributed by atoms with van der Waals surface area (Å²) >= 11 is 6.73. The molecule has 0 aliphatic carbocycles. The van der Waals surface area contributed by atoms with Crippen LogP contribution >= 0.6 is 39.0 Å². The number of hydrogen-bond donors (Lipinski definition) is 1. The first-order valence-electron chi connectivity index (χ1n) is 8.92. The number of halogens is 1. The van der Waals surface area contributed by atoms with Gasteiger partial charge < -0.3 is 0 Å². The number of amides is 1. The highest BCUT2D eigenvalue weighted by Gasteiger charge is 2.34. The van der Waals surface area contributed by atoms with Crippen LogP contribution in [-0.4, -0.2) is 21.8 Å². The van der Waals surface area contributed by atoms with Crippen LogP contribution in [0.4, 0.5) is 0 Å². The third kappa shape index (κ3) is 3.83. The average molecular weight is 463 g/mol. The molecule has 27 heavy (non-hydrogen) atoms. The summed E-state index contributed by atoms with van der Waals surface area (Å²) in [6.45, 7) is 2.18. The highest BCUT2D eigenvalue weighted by Crippen LogP contribution is 2.35. The summed E-state index contributed by atoms with van der Waals surface area (Å²) in [6, 6.07) is 11.8. The average Bonchev–Trinajstić information content (AvgIpc) is 3.10. The summed E-state index contributed by atoms with van der Waals surface area (Å²) in [7, 11) is 0. The van der Waals surface area contributed by atoms with Crippen molar-refractivity contribution >= 4 is 55.8 Å². The van der Waals surface area contributed by atoms with Crippen molar-refractivity contribution in [3.05, 3.63) is 55.6 Å². The van der Waals surface area contributed by atoms with E-state index in [1.165, 1.54) is 12.8 Å². The van der Waals surface area contributed by atoms with Gasteiger partial charge in [-0.05, 0) is 40.5 Å². The van der Waals surface area contributed by atoms with Gasteiger partial charge in [-0.3, -0.25) is 15.1 Å². The number of nitrogens with one attached hydrogen (secondary N) is 1. The first-order chi connectivity index (χ1) is 13.2. The number of thiophene rings is 1. The lowest BCUT2D eigenvalue weighted by atomic mass is 10.1. The number of fused-ring (bicyclic) bond motifs is 2. The highest BCUT2D eigenvalue weighted by molar-refractivity contribution is 9.11. The van der Waals surface area contributed by atoms with Crippen molar-refractivity contribution in [2.75, 3.05) is 5.75 Å². The van der Waals surface area contributed by atoms with E-state index in [2.05, 4.69) is 28.2 Å². The lowest BCUT2D eigenvalue weighted by molar-refractivity contribution is -0.116. The van der Waals surface area contributed by atoms with Gasteiger partial charge in [-0.15, -0.1) is 16.4 Å². The van der Waals surface area contributed by atoms with Gasteiger partial charge >= 0.3 is 0 Å². The van der Waals surface area contributed by atoms with Crippen molar-refractivity contribution in [2.45, 2.75) is 32.4 Å². The maximum absolute atomic E-state index is 12.9. The molecule has 140 valence electrons. The standard InChI is InChI=1S/C19H19BrN4OS2/c1-2-3-6-11-26-19-22-18(25)16-12-7-4-5-8-13(12)21-17(24(16)23-19)14-9-10-15(20)27-14/h4-5,7-10,17H,2-3,6,11H2,1H3,(H,22,23,25)/t17-/m0/s1. The van der Waals surface area contributed by atoms with Gasteiger partial charge in [-0.25, -0.2) is 5.01 Å². The minimum absolute atomic E-state index is 0.119. The van der Waals surface area contributed by atoms with Gasteiger partial charge in [0.05, 0.1) is 14.0 Å². The second kappa shape index (κ2) is 8.16. The molecule has 0 bridgehead atoms. The summed E-state index contributed by atoms with van der Waals surface area (Å²) in [5.74, 6) is 0.824. The van der Waals surface area contributed by atoms with Gasteiger partial charge in [-0.1, -0.05) is 49.7 Å². The normalized spacial score (nSPS) is 18.4. The number of para-hydroxylation sites is 1. The maximum Gasteiger partial charge on any atom is 0.276 e. The number of carbonyl (C=O) groups excluding carboxylic acids is 1. The second-order valence-electron chi connectivity index (χ2n) is 6.27. The molecule has 0 saturated carbocycles. The van der Waals surface area contributed by atoms with Crippen molar-refractivity contribution in [1.29, 1.82) is 0 Å². The number of unbranched alkanes of at least 4 members (excludes halogenated alkanes) is 2. The zero-order chi connectivity index (χ0) is 18.8. The molecule has 4 rings (SSSR count). The van der Waals surface area contributed by atoms with Crippen LogP contribution in [0.5, 0.6) is 0 Å². The topological polar surface area (TPSA) is 57.1 Å². The number of nitrogens with zero attached hydrogens (tertiary/aromatic N) is 3. The largest absolute Gasteiger partial charge is 0.298 e. The van der Waals surface area contributed by atoms with Gasteiger partial charge in [0.1, 0.15) is 5.70 Å². The van der Waals surface area contributed by atoms with E-state index in [9.17, 15) is 4.79 Å². The fourth-order valence-electron chi connectivity index (χ4n) is 3.07. The third-order valence-electron chi connectivity index (χ3n) is 4.35. The molecule has 1 atom stereocenters. The molecule has 2 aromatic rings. The lowest BCUT2D eigenvalue weighted by Gasteiger charge is -2.33. The molecule has 1 aromatic carbocycles. The van der Waals surface area contributed by atoms with Crippen LogP contribution in [0.2, 0.25) is 0 Å². The smallest absolute Gasteiger partial charge is 0.276 e. The zero-order valence-electron chi connectivity index (χ0n) is 14.8. The summed E-state index contributed by atoms with van der Waals surface area (Å²) in [6.07, 6.45) is 3.14. The van der Waals surface area contributed by atoms with E-state index in [1.807, 2.05) is 36.4 Å². The lowest BCUT2D eigenvalue weighted by Crippen LogP contribution is -2.50. The number of amidine groups is 1. The molecule has 1 aromatic heterocycles. The van der Waals surface area contributed by atoms with E-state index in [0.717, 1.165) is 31.4 Å². The fraction of sp³-hybridized carbons (Fsp3) is 0.316. The summed E-state index contributed by atoms with van der Waals surface area (Å²) in [5.41, 5.74) is 0.563. The predicted octanol–water partition coefficient (Wildman–Crippen LogP) is 3.58. The molecule has 3 heterocycles. The second-order valence-corrected chi connectivity index (χ2v) is 9.85. The Morgan fingerprint density at radius 3 is 2.89 bits per heavy atom. The molecule has 0 spiro atoms. The highest BCUT2D eigenvalue weighted by atomic mass is 79.9. The Hall–Kier alpha value is -1.64. The first-order valence-corrected chi connectivity index (χ1v) is 11.5. The van der Waals surface area contributed by atoms with Crippen LogP contribution in [0, 0.1) is 0 Å². The maximum atomic E-state index is 12.9. The Morgan fingerprint density at radius 1 is 1.26 bits per heavy atom. The van der Waals surface area contributed by atoms with Crippen LogP contribution in [0.15, 0.2) is 50.3 Å². The SMILES string of the molecule is CCCCCSC1=NN2C(=c3ccccc3=N[C@@H]2c2ccc(Br)s2)C(=O)N1. The number of hydrazone groups is 1. The molecular weight excluding hydrogens is 444 g/mol. The van der Waals surface area contributed by atoms with Crippen LogP contribution in [0.1, 0.15) is 37.2 Å². The van der Waals surface area contributed by atoms with Gasteiger partial charge in [-0.2, -0.15) is 0 Å². The number of rotatable bonds is 5. The predicted molar refractivity (Wildman–Crippen MR) is 115 cm³/mol. The Balaban J connectivity index is 1.76. The molecule has 0 saturated heterocycles. The van der Waals surface area contributed by atoms with Crippen molar-refractivity contribution < 1.29 is 4.79 Å². The molecule has 0 unspecified atom stereocenters. The molecule has 2 aliphatic rings. The van der Waals surface area contributed by atoms with Crippen LogP contribution in [0.3, 0.4) is 0 Å². The number of carbonyl (C=O) groups is 1. The van der Waals surface area contributed by atoms with Gasteiger partial charge in [0.2, 0.25) is 0 Å². The van der Waals surface area contributed by atoms with E-state index < -0.39 is 0 Å². The Bertz CT molecular complexity index is 1020. The molecular formula is C19H19BrN4OS2. The van der Waals surface area contributed by atoms with E-state index in [-0.39, 0.29) is 12.1 Å². The minimum Gasteiger partial charge on any atom is -0.298 e. The van der Waals surface area contributed by atoms with Crippen molar-refractivity contribution in [1.82, 2.24) is 10.3 Å². The van der Waals surface area contributed by atoms with Crippen LogP contribution in [0.25, 0.3) is 5.70 Å². The van der Waals surface area contributed by atoms with Crippen molar-refractivity contribution in [3.8, 4) is 0 Å². The van der Waals surface area contributed by atoms with Crippen LogP contribution in [-0.2, 0) is 4.79 Å². The van der Waals surface area contributed by atoms with E-state index >= 15 is 0 Å². The number of thioether (sulfide) groups is 1. The number of hydrogen-bond acceptors (Lipinski definition) is 6. The van der Waals surface area contributed by atoms with Gasteiger partial charge in [0.25, 0.3) is 5.91 Å². The van der Waals surface area contributed by atoms with Crippen molar-refractivity contribution in [2.24, 2.45) is 10.1 Å². The zero-order valence-corrected chi connectivity index (χ0v) is 18.0. The Kier molecular flexibility index (Phi) is 5.66. The monoisotopic (exact) mass is 462 g/mol. The third-order valence-corrected chi connectivity index (χ3v) is 6.96. The molecule has 0 radical (unpaired) electrons. The summed E-state index contributed by atoms with van der Waals surface area (Å²) in [4.78, 5) is 18.9. The van der Waals surface area contributed by atoms with E-state index in [1.54, 1.807) is 28.1 Å². The molecule has 8 heteroatoms. The minimum atomic E-state index is -0.330. The van der Waals surface area contributed by atoms with Gasteiger partial charge in [0, 0.05) is 11.0 Å². The fourth-order valence-corrected chi connectivity index (χ4v) is 5.37. The Labute approximate surface area is 174 Å². The quantitative estimate of drug-likeness (QED) is 0.690. The molecule has 5 nitrogen and oxygen atoms in total. The Morgan fingerprint density at radius 2 is 2.11 bits per heavy atom.